The van der Waals surface area contributed by atoms with E-state index < -0.39 is 10.8 Å². The predicted octanol–water partition coefficient (Wildman–Crippen LogP) is 5.73. The van der Waals surface area contributed by atoms with Gasteiger partial charge in [0, 0.05) is 16.6 Å². The van der Waals surface area contributed by atoms with Gasteiger partial charge < -0.3 is 10.2 Å². The quantitative estimate of drug-likeness (QED) is 0.505. The van der Waals surface area contributed by atoms with Crippen LogP contribution in [-0.4, -0.2) is 22.1 Å². The van der Waals surface area contributed by atoms with Gasteiger partial charge in [0.2, 0.25) is 0 Å². The Labute approximate surface area is 206 Å². The Kier molecular flexibility index (Phi) is 6.53. The molecular weight excluding hydrogens is 468 g/mol. The Bertz CT molecular complexity index is 1290. The summed E-state index contributed by atoms with van der Waals surface area (Å²) in [5, 5.41) is 3.71. The average Bonchev–Trinajstić information content (AvgIpc) is 2.94. The lowest BCUT2D eigenvalue weighted by atomic mass is 9.95. The molecule has 5 nitrogen and oxygen atoms in total. The zero-order chi connectivity index (χ0) is 23.7. The molecule has 1 N–H and O–H groups in total. The Morgan fingerprint density at radius 3 is 2.56 bits per heavy atom. The molecule has 34 heavy (non-hydrogen) atoms. The predicted molar refractivity (Wildman–Crippen MR) is 134 cm³/mol. The van der Waals surface area contributed by atoms with Gasteiger partial charge in [-0.2, -0.15) is 0 Å². The largest absolute Gasteiger partial charge is 0.349 e. The number of carbonyl (C=O) groups is 2. The summed E-state index contributed by atoms with van der Waals surface area (Å²) in [5.41, 5.74) is 2.17. The number of carbonyl (C=O) groups excluding carboxylic acids is 2. The number of benzene rings is 3. The van der Waals surface area contributed by atoms with Crippen LogP contribution in [-0.2, 0) is 17.3 Å². The second kappa shape index (κ2) is 9.72. The van der Waals surface area contributed by atoms with Crippen LogP contribution in [0, 0.1) is 0 Å². The molecule has 1 fully saturated rings. The monoisotopic (exact) mass is 492 g/mol. The fourth-order valence-electron chi connectivity index (χ4n) is 4.70. The maximum Gasteiger partial charge on any atom is 0.259 e. The lowest BCUT2D eigenvalue weighted by Crippen LogP contribution is -2.36. The van der Waals surface area contributed by atoms with E-state index in [1.165, 1.54) is 6.42 Å². The number of amides is 2. The summed E-state index contributed by atoms with van der Waals surface area (Å²) in [4.78, 5) is 29.3. The molecule has 0 aromatic heterocycles. The average molecular weight is 493 g/mol. The molecule has 1 aliphatic carbocycles. The Morgan fingerprint density at radius 1 is 0.971 bits per heavy atom. The molecule has 3 aromatic rings. The van der Waals surface area contributed by atoms with Gasteiger partial charge in [-0.15, -0.1) is 0 Å². The van der Waals surface area contributed by atoms with Crippen LogP contribution in [0.25, 0.3) is 0 Å². The van der Waals surface area contributed by atoms with Crippen LogP contribution in [0.15, 0.2) is 76.5 Å². The van der Waals surface area contributed by atoms with Crippen molar-refractivity contribution in [2.75, 3.05) is 4.90 Å². The third-order valence-corrected chi connectivity index (χ3v) is 8.18. The SMILES string of the molecule is O=C(NC1CCCCC1)c1ccc2c(c1)N(Cc1cccc(Cl)c1)C(=O)c1ccccc1[S@]2=O. The molecule has 174 valence electrons. The molecule has 1 atom stereocenters. The fourth-order valence-corrected chi connectivity index (χ4v) is 6.25. The molecule has 0 saturated heterocycles. The summed E-state index contributed by atoms with van der Waals surface area (Å²) in [6.07, 6.45) is 5.41. The van der Waals surface area contributed by atoms with Gasteiger partial charge in [0.1, 0.15) is 0 Å². The topological polar surface area (TPSA) is 66.5 Å². The van der Waals surface area contributed by atoms with Crippen LogP contribution in [0.2, 0.25) is 5.02 Å². The van der Waals surface area contributed by atoms with Crippen molar-refractivity contribution in [3.8, 4) is 0 Å². The maximum atomic E-state index is 13.7. The highest BCUT2D eigenvalue weighted by molar-refractivity contribution is 7.85. The van der Waals surface area contributed by atoms with Crippen LogP contribution in [0.3, 0.4) is 0 Å². The first kappa shape index (κ1) is 22.8. The highest BCUT2D eigenvalue weighted by Gasteiger charge is 2.31. The normalized spacial score (nSPS) is 18.1. The van der Waals surface area contributed by atoms with Gasteiger partial charge in [-0.1, -0.05) is 55.1 Å². The van der Waals surface area contributed by atoms with Gasteiger partial charge >= 0.3 is 0 Å². The molecule has 2 aliphatic rings. The second-order valence-electron chi connectivity index (χ2n) is 8.78. The lowest BCUT2D eigenvalue weighted by Gasteiger charge is -2.25. The highest BCUT2D eigenvalue weighted by Crippen LogP contribution is 2.36. The van der Waals surface area contributed by atoms with Gasteiger partial charge in [0.25, 0.3) is 11.8 Å². The van der Waals surface area contributed by atoms with Gasteiger partial charge in [-0.25, -0.2) is 4.21 Å². The summed E-state index contributed by atoms with van der Waals surface area (Å²) < 4.78 is 13.5. The minimum Gasteiger partial charge on any atom is -0.349 e. The zero-order valence-electron chi connectivity index (χ0n) is 18.6. The molecule has 1 heterocycles. The highest BCUT2D eigenvalue weighted by atomic mass is 35.5. The summed E-state index contributed by atoms with van der Waals surface area (Å²) in [7, 11) is -1.56. The van der Waals surface area contributed by atoms with Crippen molar-refractivity contribution in [3.63, 3.8) is 0 Å². The number of nitrogens with one attached hydrogen (secondary N) is 1. The number of anilines is 1. The van der Waals surface area contributed by atoms with Crippen molar-refractivity contribution >= 4 is 39.9 Å². The van der Waals surface area contributed by atoms with Crippen LogP contribution in [0.1, 0.15) is 58.4 Å². The molecule has 7 heteroatoms. The van der Waals surface area contributed by atoms with E-state index in [0.717, 1.165) is 31.2 Å². The summed E-state index contributed by atoms with van der Waals surface area (Å²) >= 11 is 6.19. The van der Waals surface area contributed by atoms with E-state index in [1.54, 1.807) is 53.4 Å². The number of halogens is 1. The standard InChI is InChI=1S/C27H25ClN2O3S/c28-20-8-6-7-18(15-20)17-30-23-16-19(26(31)29-21-9-2-1-3-10-21)13-14-25(23)34(33)24-12-5-4-11-22(24)27(30)32/h4-8,11-16,21H,1-3,9-10,17H2,(H,29,31)/t34-/m1/s1. The van der Waals surface area contributed by atoms with Gasteiger partial charge in [0.05, 0.1) is 38.4 Å². The minimum atomic E-state index is -1.56. The van der Waals surface area contributed by atoms with Crippen molar-refractivity contribution in [3.05, 3.63) is 88.4 Å². The Balaban J connectivity index is 1.57. The summed E-state index contributed by atoms with van der Waals surface area (Å²) in [6.45, 7) is 0.242. The molecule has 2 amide bonds. The molecule has 3 aromatic carbocycles. The molecule has 5 rings (SSSR count). The zero-order valence-corrected chi connectivity index (χ0v) is 20.2. The van der Waals surface area contributed by atoms with Gasteiger partial charge in [-0.3, -0.25) is 9.59 Å². The van der Waals surface area contributed by atoms with Gasteiger partial charge in [-0.05, 0) is 60.9 Å². The third kappa shape index (κ3) is 4.52. The number of hydrogen-bond acceptors (Lipinski definition) is 3. The maximum absolute atomic E-state index is 13.7. The first-order valence-electron chi connectivity index (χ1n) is 11.5. The van der Waals surface area contributed by atoms with Crippen LogP contribution in [0.5, 0.6) is 0 Å². The first-order valence-corrected chi connectivity index (χ1v) is 13.1. The first-order chi connectivity index (χ1) is 16.5. The van der Waals surface area contributed by atoms with E-state index in [1.807, 2.05) is 18.2 Å². The molecule has 1 aliphatic heterocycles. The number of nitrogens with zero attached hydrogens (tertiary/aromatic N) is 1. The van der Waals surface area contributed by atoms with E-state index in [-0.39, 0.29) is 24.4 Å². The summed E-state index contributed by atoms with van der Waals surface area (Å²) in [6, 6.07) is 19.6. The molecule has 1 saturated carbocycles. The molecular formula is C27H25ClN2O3S. The summed E-state index contributed by atoms with van der Waals surface area (Å²) in [5.74, 6) is -0.426. The van der Waals surface area contributed by atoms with Crippen LogP contribution in [0.4, 0.5) is 5.69 Å². The lowest BCUT2D eigenvalue weighted by molar-refractivity contribution is 0.0925. The number of fused-ring (bicyclic) bond motifs is 2. The van der Waals surface area contributed by atoms with Gasteiger partial charge in [0.15, 0.2) is 0 Å². The smallest absolute Gasteiger partial charge is 0.259 e. The van der Waals surface area contributed by atoms with E-state index in [2.05, 4.69) is 5.32 Å². The Hall–Kier alpha value is -2.96. The second-order valence-corrected chi connectivity index (χ2v) is 10.6. The number of rotatable bonds is 4. The van der Waals surface area contributed by atoms with E-state index >= 15 is 0 Å². The van der Waals surface area contributed by atoms with E-state index in [9.17, 15) is 13.8 Å². The molecule has 0 spiro atoms. The number of hydrogen-bond donors (Lipinski definition) is 1. The van der Waals surface area contributed by atoms with Crippen molar-refractivity contribution in [2.45, 2.75) is 54.5 Å². The van der Waals surface area contributed by atoms with E-state index in [4.69, 9.17) is 11.6 Å². The van der Waals surface area contributed by atoms with Crippen LogP contribution >= 0.6 is 11.6 Å². The third-order valence-electron chi connectivity index (χ3n) is 6.44. The van der Waals surface area contributed by atoms with Crippen molar-refractivity contribution < 1.29 is 13.8 Å². The van der Waals surface area contributed by atoms with Crippen LogP contribution < -0.4 is 10.2 Å². The minimum absolute atomic E-state index is 0.169. The molecule has 0 unspecified atom stereocenters. The Morgan fingerprint density at radius 2 is 1.76 bits per heavy atom. The van der Waals surface area contributed by atoms with Crippen molar-refractivity contribution in [2.24, 2.45) is 0 Å². The molecule has 0 radical (unpaired) electrons. The molecule has 0 bridgehead atoms. The fraction of sp³-hybridized carbons (Fsp3) is 0.259. The van der Waals surface area contributed by atoms with Crippen molar-refractivity contribution in [1.29, 1.82) is 0 Å². The van der Waals surface area contributed by atoms with Crippen molar-refractivity contribution in [1.82, 2.24) is 5.32 Å². The van der Waals surface area contributed by atoms with E-state index in [0.29, 0.717) is 31.6 Å².